The van der Waals surface area contributed by atoms with Crippen LogP contribution < -0.4 is 16.4 Å². The van der Waals surface area contributed by atoms with Crippen LogP contribution in [0.15, 0.2) is 29.6 Å². The lowest BCUT2D eigenvalue weighted by Crippen LogP contribution is -2.33. The van der Waals surface area contributed by atoms with Gasteiger partial charge in [-0.25, -0.2) is 4.98 Å². The summed E-state index contributed by atoms with van der Waals surface area (Å²) < 4.78 is 0. The van der Waals surface area contributed by atoms with Crippen LogP contribution in [-0.4, -0.2) is 17.4 Å². The number of anilines is 2. The second-order valence-electron chi connectivity index (χ2n) is 4.34. The van der Waals surface area contributed by atoms with E-state index in [1.165, 1.54) is 11.3 Å². The van der Waals surface area contributed by atoms with E-state index in [4.69, 9.17) is 11.5 Å². The zero-order chi connectivity index (χ0) is 13.8. The number of carbonyl (C=O) groups is 1. The predicted molar refractivity (Wildman–Crippen MR) is 77.9 cm³/mol. The highest BCUT2D eigenvalue weighted by atomic mass is 32.1. The highest BCUT2D eigenvalue weighted by Crippen LogP contribution is 2.22. The molecule has 0 aliphatic carbocycles. The molecular formula is C13H16N4OS. The van der Waals surface area contributed by atoms with Gasteiger partial charge in [0.05, 0.1) is 12.2 Å². The van der Waals surface area contributed by atoms with Crippen LogP contribution in [0.25, 0.3) is 0 Å². The number of aromatic nitrogens is 1. The van der Waals surface area contributed by atoms with Crippen LogP contribution in [0.4, 0.5) is 10.8 Å². The molecule has 100 valence electrons. The fourth-order valence-corrected chi connectivity index (χ4v) is 2.51. The van der Waals surface area contributed by atoms with Gasteiger partial charge in [0.25, 0.3) is 0 Å². The lowest BCUT2D eigenvalue weighted by molar-refractivity contribution is -0.116. The predicted octanol–water partition coefficient (Wildman–Crippen LogP) is 1.53. The molecule has 0 radical (unpaired) electrons. The molecule has 6 heteroatoms. The van der Waals surface area contributed by atoms with Crippen LogP contribution in [0, 0.1) is 6.92 Å². The monoisotopic (exact) mass is 276 g/mol. The van der Waals surface area contributed by atoms with Crippen molar-refractivity contribution in [1.82, 2.24) is 4.98 Å². The average molecular weight is 276 g/mol. The normalized spacial score (nSPS) is 10.4. The van der Waals surface area contributed by atoms with Gasteiger partial charge in [-0.2, -0.15) is 0 Å². The molecule has 0 atom stereocenters. The first kappa shape index (κ1) is 13.4. The molecular weight excluding hydrogens is 260 g/mol. The second kappa shape index (κ2) is 5.71. The summed E-state index contributed by atoms with van der Waals surface area (Å²) in [4.78, 5) is 17.4. The maximum atomic E-state index is 11.2. The van der Waals surface area contributed by atoms with E-state index in [1.54, 1.807) is 0 Å². The second-order valence-corrected chi connectivity index (χ2v) is 5.17. The molecule has 2 aromatic rings. The van der Waals surface area contributed by atoms with Crippen molar-refractivity contribution in [3.8, 4) is 0 Å². The maximum Gasteiger partial charge on any atom is 0.237 e. The highest BCUT2D eigenvalue weighted by molar-refractivity contribution is 7.13. The van der Waals surface area contributed by atoms with Gasteiger partial charge in [0, 0.05) is 17.6 Å². The fourth-order valence-electron chi connectivity index (χ4n) is 1.71. The molecule has 0 fully saturated rings. The lowest BCUT2D eigenvalue weighted by Gasteiger charge is -2.20. The minimum atomic E-state index is -0.372. The van der Waals surface area contributed by atoms with Crippen molar-refractivity contribution in [3.05, 3.63) is 40.9 Å². The van der Waals surface area contributed by atoms with E-state index >= 15 is 0 Å². The van der Waals surface area contributed by atoms with Gasteiger partial charge in [-0.05, 0) is 24.6 Å². The number of hydrogen-bond donors (Lipinski definition) is 2. The van der Waals surface area contributed by atoms with Gasteiger partial charge in [-0.3, -0.25) is 4.79 Å². The first-order valence-corrected chi connectivity index (χ1v) is 6.72. The molecule has 1 heterocycles. The van der Waals surface area contributed by atoms with Gasteiger partial charge in [-0.15, -0.1) is 11.3 Å². The number of carbonyl (C=O) groups excluding carboxylic acids is 1. The van der Waals surface area contributed by atoms with E-state index in [0.717, 1.165) is 22.1 Å². The number of nitrogen functional groups attached to an aromatic ring is 1. The fraction of sp³-hybridized carbons (Fsp3) is 0.231. The van der Waals surface area contributed by atoms with Crippen molar-refractivity contribution >= 4 is 28.1 Å². The van der Waals surface area contributed by atoms with Gasteiger partial charge in [0.2, 0.25) is 5.91 Å². The molecule has 1 amide bonds. The van der Waals surface area contributed by atoms with Gasteiger partial charge >= 0.3 is 0 Å². The standard InChI is InChI=1S/C13H16N4OS/c1-9-8-19-13(16-9)17(7-12(15)18)6-10-2-4-11(14)5-3-10/h2-5,8H,6-7,14H2,1H3,(H2,15,18). The summed E-state index contributed by atoms with van der Waals surface area (Å²) in [5.41, 5.74) is 13.7. The summed E-state index contributed by atoms with van der Waals surface area (Å²) in [6, 6.07) is 7.54. The Balaban J connectivity index is 2.18. The van der Waals surface area contributed by atoms with Crippen molar-refractivity contribution < 1.29 is 4.79 Å². The minimum Gasteiger partial charge on any atom is -0.399 e. The van der Waals surface area contributed by atoms with Gasteiger partial charge < -0.3 is 16.4 Å². The lowest BCUT2D eigenvalue weighted by atomic mass is 10.2. The molecule has 19 heavy (non-hydrogen) atoms. The van der Waals surface area contributed by atoms with E-state index < -0.39 is 0 Å². The van der Waals surface area contributed by atoms with Gasteiger partial charge in [0.1, 0.15) is 0 Å². The number of amides is 1. The number of hydrogen-bond acceptors (Lipinski definition) is 5. The van der Waals surface area contributed by atoms with Crippen molar-refractivity contribution in [2.75, 3.05) is 17.2 Å². The Morgan fingerprint density at radius 1 is 1.37 bits per heavy atom. The number of nitrogens with zero attached hydrogens (tertiary/aromatic N) is 2. The molecule has 2 rings (SSSR count). The zero-order valence-corrected chi connectivity index (χ0v) is 11.5. The van der Waals surface area contributed by atoms with Gasteiger partial charge in [0.15, 0.2) is 5.13 Å². The third-order valence-corrected chi connectivity index (χ3v) is 3.60. The number of aryl methyl sites for hydroxylation is 1. The number of rotatable bonds is 5. The van der Waals surface area contributed by atoms with E-state index in [-0.39, 0.29) is 12.5 Å². The Bertz CT molecular complexity index is 564. The highest BCUT2D eigenvalue weighted by Gasteiger charge is 2.13. The van der Waals surface area contributed by atoms with E-state index in [1.807, 2.05) is 41.5 Å². The Morgan fingerprint density at radius 3 is 2.58 bits per heavy atom. The van der Waals surface area contributed by atoms with Gasteiger partial charge in [-0.1, -0.05) is 12.1 Å². The Labute approximate surface area is 115 Å². The first-order valence-electron chi connectivity index (χ1n) is 5.84. The Hall–Kier alpha value is -2.08. The first-order chi connectivity index (χ1) is 9.04. The molecule has 5 nitrogen and oxygen atoms in total. The summed E-state index contributed by atoms with van der Waals surface area (Å²) >= 11 is 1.50. The summed E-state index contributed by atoms with van der Waals surface area (Å²) in [5, 5.41) is 2.75. The number of thiazole rings is 1. The smallest absolute Gasteiger partial charge is 0.237 e. The number of primary amides is 1. The maximum absolute atomic E-state index is 11.2. The SMILES string of the molecule is Cc1csc(N(CC(N)=O)Cc2ccc(N)cc2)n1. The third kappa shape index (κ3) is 3.69. The summed E-state index contributed by atoms with van der Waals surface area (Å²) in [5.74, 6) is -0.372. The Morgan fingerprint density at radius 2 is 2.05 bits per heavy atom. The molecule has 0 unspecified atom stereocenters. The molecule has 0 saturated heterocycles. The van der Waals surface area contributed by atoms with Crippen LogP contribution in [0.1, 0.15) is 11.3 Å². The van der Waals surface area contributed by atoms with Crippen LogP contribution in [0.5, 0.6) is 0 Å². The van der Waals surface area contributed by atoms with Crippen molar-refractivity contribution in [3.63, 3.8) is 0 Å². The van der Waals surface area contributed by atoms with Crippen LogP contribution in [0.3, 0.4) is 0 Å². The quantitative estimate of drug-likeness (QED) is 0.811. The average Bonchev–Trinajstić information content (AvgIpc) is 2.77. The van der Waals surface area contributed by atoms with E-state index in [0.29, 0.717) is 6.54 Å². The summed E-state index contributed by atoms with van der Waals surface area (Å²) in [7, 11) is 0. The zero-order valence-electron chi connectivity index (χ0n) is 10.7. The molecule has 1 aromatic carbocycles. The molecule has 4 N–H and O–H groups in total. The molecule has 0 aliphatic rings. The van der Waals surface area contributed by atoms with Crippen molar-refractivity contribution in [1.29, 1.82) is 0 Å². The van der Waals surface area contributed by atoms with E-state index in [9.17, 15) is 4.79 Å². The van der Waals surface area contributed by atoms with E-state index in [2.05, 4.69) is 4.98 Å². The number of benzene rings is 1. The van der Waals surface area contributed by atoms with Crippen LogP contribution in [0.2, 0.25) is 0 Å². The minimum absolute atomic E-state index is 0.150. The molecule has 0 aliphatic heterocycles. The Kier molecular flexibility index (Phi) is 4.01. The summed E-state index contributed by atoms with van der Waals surface area (Å²) in [6.45, 7) is 2.65. The number of nitrogens with two attached hydrogens (primary N) is 2. The van der Waals surface area contributed by atoms with Crippen molar-refractivity contribution in [2.24, 2.45) is 5.73 Å². The topological polar surface area (TPSA) is 85.2 Å². The largest absolute Gasteiger partial charge is 0.399 e. The molecule has 0 saturated carbocycles. The van der Waals surface area contributed by atoms with Crippen molar-refractivity contribution in [2.45, 2.75) is 13.5 Å². The van der Waals surface area contributed by atoms with Crippen LogP contribution in [-0.2, 0) is 11.3 Å². The molecule has 1 aromatic heterocycles. The van der Waals surface area contributed by atoms with Crippen LogP contribution >= 0.6 is 11.3 Å². The molecule has 0 spiro atoms. The third-order valence-electron chi connectivity index (χ3n) is 2.58. The molecule has 0 bridgehead atoms. The summed E-state index contributed by atoms with van der Waals surface area (Å²) in [6.07, 6.45) is 0.